The molecule has 0 spiro atoms. The minimum Gasteiger partial charge on any atom is -0.480 e. The van der Waals surface area contributed by atoms with Crippen molar-refractivity contribution in [2.45, 2.75) is 0 Å². The van der Waals surface area contributed by atoms with Crippen molar-refractivity contribution in [1.29, 1.82) is 0 Å². The molecule has 1 fully saturated rings. The van der Waals surface area contributed by atoms with Crippen LogP contribution in [0.3, 0.4) is 0 Å². The van der Waals surface area contributed by atoms with E-state index in [4.69, 9.17) is 10.2 Å². The molecule has 7 nitrogen and oxygen atoms in total. The molecule has 1 aliphatic rings. The molecule has 1 saturated heterocycles. The van der Waals surface area contributed by atoms with Gasteiger partial charge >= 0.3 is 17.4 Å². The first-order valence-electron chi connectivity index (χ1n) is 2.76. The van der Waals surface area contributed by atoms with Crippen LogP contribution in [0.2, 0.25) is 0 Å². The van der Waals surface area contributed by atoms with Gasteiger partial charge in [0.1, 0.15) is 0 Å². The summed E-state index contributed by atoms with van der Waals surface area (Å²) in [6.07, 6.45) is 0. The van der Waals surface area contributed by atoms with Crippen LogP contribution in [0, 0.1) is 5.41 Å². The Kier molecular flexibility index (Phi) is 1.39. The maximum absolute atomic E-state index is 10.6. The lowest BCUT2D eigenvalue weighted by atomic mass is 9.80. The van der Waals surface area contributed by atoms with E-state index in [0.29, 0.717) is 0 Å². The van der Waals surface area contributed by atoms with Crippen LogP contribution in [-0.2, 0) is 19.2 Å². The molecule has 2 amide bonds. The maximum atomic E-state index is 10.6. The number of aliphatic carboxylic acids is 2. The molecule has 0 aromatic heterocycles. The van der Waals surface area contributed by atoms with Crippen molar-refractivity contribution in [3.63, 3.8) is 0 Å². The number of hydrogen-bond acceptors (Lipinski definition) is 4. The van der Waals surface area contributed by atoms with Crippen molar-refractivity contribution < 1.29 is 29.4 Å². The minimum atomic E-state index is -2.92. The number of amides is 2. The standard InChI is InChI=1S/C5H3NO6/c7-1-5(3(9)10,4(11)12)2(8)6-1/h(H,9,10)(H,11,12)(H,6,7,8). The molecule has 1 aliphatic heterocycles. The van der Waals surface area contributed by atoms with Crippen LogP contribution >= 0.6 is 0 Å². The Hall–Kier alpha value is -1.92. The Morgan fingerprint density at radius 3 is 1.50 bits per heavy atom. The Balaban J connectivity index is 3.20. The van der Waals surface area contributed by atoms with Gasteiger partial charge in [0, 0.05) is 0 Å². The third-order valence-electron chi connectivity index (χ3n) is 1.55. The monoisotopic (exact) mass is 173 g/mol. The van der Waals surface area contributed by atoms with E-state index in [2.05, 4.69) is 0 Å². The van der Waals surface area contributed by atoms with Gasteiger partial charge in [0.15, 0.2) is 0 Å². The minimum absolute atomic E-state index is 1.31. The second-order valence-corrected chi connectivity index (χ2v) is 2.14. The largest absolute Gasteiger partial charge is 0.480 e. The first kappa shape index (κ1) is 8.18. The number of nitrogens with one attached hydrogen (secondary N) is 1. The molecule has 0 radical (unpaired) electrons. The molecule has 0 bridgehead atoms. The molecular weight excluding hydrogens is 170 g/mol. The van der Waals surface area contributed by atoms with Crippen LogP contribution in [0.15, 0.2) is 0 Å². The molecule has 7 heteroatoms. The first-order chi connectivity index (χ1) is 5.44. The molecule has 3 N–H and O–H groups in total. The topological polar surface area (TPSA) is 121 Å². The van der Waals surface area contributed by atoms with Crippen molar-refractivity contribution >= 4 is 23.8 Å². The molecule has 12 heavy (non-hydrogen) atoms. The van der Waals surface area contributed by atoms with Gasteiger partial charge in [0.2, 0.25) is 0 Å². The van der Waals surface area contributed by atoms with Crippen molar-refractivity contribution in [2.24, 2.45) is 5.41 Å². The highest BCUT2D eigenvalue weighted by Crippen LogP contribution is 2.26. The fourth-order valence-corrected chi connectivity index (χ4v) is 0.811. The van der Waals surface area contributed by atoms with Crippen LogP contribution in [0.25, 0.3) is 0 Å². The second-order valence-electron chi connectivity index (χ2n) is 2.14. The first-order valence-corrected chi connectivity index (χ1v) is 2.76. The summed E-state index contributed by atoms with van der Waals surface area (Å²) >= 11 is 0. The molecule has 1 rings (SSSR count). The summed E-state index contributed by atoms with van der Waals surface area (Å²) in [6.45, 7) is 0. The van der Waals surface area contributed by atoms with Gasteiger partial charge in [-0.25, -0.2) is 9.59 Å². The maximum Gasteiger partial charge on any atom is 0.340 e. The van der Waals surface area contributed by atoms with Gasteiger partial charge < -0.3 is 10.2 Å². The third kappa shape index (κ3) is 0.595. The molecule has 1 heterocycles. The summed E-state index contributed by atoms with van der Waals surface area (Å²) in [4.78, 5) is 41.7. The van der Waals surface area contributed by atoms with Gasteiger partial charge in [0.25, 0.3) is 11.8 Å². The number of carbonyl (C=O) groups excluding carboxylic acids is 2. The fraction of sp³-hybridized carbons (Fsp3) is 0.200. The molecule has 64 valence electrons. The predicted octanol–water partition coefficient (Wildman–Crippen LogP) is -2.20. The average molecular weight is 173 g/mol. The van der Waals surface area contributed by atoms with Gasteiger partial charge in [0.05, 0.1) is 0 Å². The van der Waals surface area contributed by atoms with Gasteiger partial charge in [-0.05, 0) is 0 Å². The molecule has 0 saturated carbocycles. The number of imide groups is 1. The SMILES string of the molecule is O=C(O)C1(C(=O)O)C(=O)NC1=O. The highest BCUT2D eigenvalue weighted by atomic mass is 16.4. The summed E-state index contributed by atoms with van der Waals surface area (Å²) in [5.74, 6) is -6.56. The third-order valence-corrected chi connectivity index (χ3v) is 1.55. The summed E-state index contributed by atoms with van der Waals surface area (Å²) in [5, 5.41) is 18.2. The number of β-lactam (4-membered cyclic amide) rings is 2. The number of hydrogen-bond donors (Lipinski definition) is 3. The lowest BCUT2D eigenvalue weighted by Gasteiger charge is -2.29. The lowest BCUT2D eigenvalue weighted by molar-refractivity contribution is -0.179. The molecule has 0 aliphatic carbocycles. The Bertz CT molecular complexity index is 256. The molecule has 0 unspecified atom stereocenters. The van der Waals surface area contributed by atoms with Crippen molar-refractivity contribution in [2.75, 3.05) is 0 Å². The van der Waals surface area contributed by atoms with Crippen LogP contribution < -0.4 is 5.32 Å². The molecule has 0 aromatic rings. The van der Waals surface area contributed by atoms with Crippen LogP contribution in [0.1, 0.15) is 0 Å². The van der Waals surface area contributed by atoms with E-state index in [-0.39, 0.29) is 0 Å². The summed E-state index contributed by atoms with van der Waals surface area (Å²) in [7, 11) is 0. The van der Waals surface area contributed by atoms with Crippen LogP contribution in [0.5, 0.6) is 0 Å². The van der Waals surface area contributed by atoms with Gasteiger partial charge in [-0.3, -0.25) is 14.9 Å². The number of carboxylic acids is 2. The van der Waals surface area contributed by atoms with Gasteiger partial charge in [-0.2, -0.15) is 0 Å². The molecule has 0 atom stereocenters. The fourth-order valence-electron chi connectivity index (χ4n) is 0.811. The van der Waals surface area contributed by atoms with Crippen LogP contribution in [-0.4, -0.2) is 34.0 Å². The Labute approximate surface area is 65.0 Å². The average Bonchev–Trinajstić information content (AvgIpc) is 1.84. The number of carboxylic acid groups (broad SMARTS) is 2. The van der Waals surface area contributed by atoms with E-state index < -0.39 is 29.2 Å². The zero-order valence-corrected chi connectivity index (χ0v) is 5.53. The Morgan fingerprint density at radius 1 is 1.08 bits per heavy atom. The summed E-state index contributed by atoms with van der Waals surface area (Å²) in [5.41, 5.74) is -2.92. The van der Waals surface area contributed by atoms with Gasteiger partial charge in [-0.15, -0.1) is 0 Å². The van der Waals surface area contributed by atoms with Crippen molar-refractivity contribution in [3.05, 3.63) is 0 Å². The van der Waals surface area contributed by atoms with Gasteiger partial charge in [-0.1, -0.05) is 0 Å². The second kappa shape index (κ2) is 2.03. The number of carbonyl (C=O) groups is 4. The van der Waals surface area contributed by atoms with E-state index in [0.717, 1.165) is 0 Å². The zero-order valence-electron chi connectivity index (χ0n) is 5.53. The van der Waals surface area contributed by atoms with E-state index >= 15 is 0 Å². The van der Waals surface area contributed by atoms with E-state index in [1.807, 2.05) is 0 Å². The van der Waals surface area contributed by atoms with E-state index in [9.17, 15) is 19.2 Å². The molecule has 0 aromatic carbocycles. The number of rotatable bonds is 2. The highest BCUT2D eigenvalue weighted by molar-refractivity contribution is 6.43. The summed E-state index contributed by atoms with van der Waals surface area (Å²) < 4.78 is 0. The predicted molar refractivity (Wildman–Crippen MR) is 30.9 cm³/mol. The van der Waals surface area contributed by atoms with Crippen molar-refractivity contribution in [1.82, 2.24) is 5.32 Å². The zero-order chi connectivity index (χ0) is 9.52. The van der Waals surface area contributed by atoms with Crippen LogP contribution in [0.4, 0.5) is 0 Å². The van der Waals surface area contributed by atoms with E-state index in [1.165, 1.54) is 5.32 Å². The molecular formula is C5H3NO6. The highest BCUT2D eigenvalue weighted by Gasteiger charge is 2.68. The smallest absolute Gasteiger partial charge is 0.340 e. The normalized spacial score (nSPS) is 19.3. The van der Waals surface area contributed by atoms with E-state index in [1.54, 1.807) is 0 Å². The quantitative estimate of drug-likeness (QED) is 0.322. The Morgan fingerprint density at radius 2 is 1.42 bits per heavy atom. The lowest BCUT2D eigenvalue weighted by Crippen LogP contribution is -2.71. The summed E-state index contributed by atoms with van der Waals surface area (Å²) in [6, 6.07) is 0. The van der Waals surface area contributed by atoms with Crippen molar-refractivity contribution in [3.8, 4) is 0 Å².